The topological polar surface area (TPSA) is 117 Å². The predicted octanol–water partition coefficient (Wildman–Crippen LogP) is 1.72. The summed E-state index contributed by atoms with van der Waals surface area (Å²) in [7, 11) is 0. The third kappa shape index (κ3) is 5.19. The van der Waals surface area contributed by atoms with Gasteiger partial charge < -0.3 is 21.5 Å². The standard InChI is InChI=1S/C15H16N4O3S/c1-9-8-12(16)19-15(17-9)23-7-6-13(20)18-11-4-2-10(3-5-11)14(21)22/h2-5,8H,1,6-7,16H2,(H,17,19)(H,18,20)(H,21,22). The van der Waals surface area contributed by atoms with Crippen LogP contribution in [0.25, 0.3) is 0 Å². The number of carboxylic acids is 1. The number of carbonyl (C=O) groups is 2. The van der Waals surface area contributed by atoms with Gasteiger partial charge in [-0.05, 0) is 24.3 Å². The molecular weight excluding hydrogens is 316 g/mol. The van der Waals surface area contributed by atoms with Gasteiger partial charge in [0.25, 0.3) is 0 Å². The second kappa shape index (κ2) is 7.50. The minimum atomic E-state index is -1.00. The van der Waals surface area contributed by atoms with Crippen LogP contribution in [0.3, 0.4) is 0 Å². The van der Waals surface area contributed by atoms with Crippen molar-refractivity contribution in [2.45, 2.75) is 6.42 Å². The number of nitrogens with zero attached hydrogens (tertiary/aromatic N) is 1. The molecule has 5 N–H and O–H groups in total. The number of rotatable bonds is 5. The molecule has 1 aliphatic heterocycles. The molecule has 0 saturated heterocycles. The Balaban J connectivity index is 1.78. The van der Waals surface area contributed by atoms with E-state index in [2.05, 4.69) is 22.2 Å². The number of amidine groups is 1. The highest BCUT2D eigenvalue weighted by atomic mass is 32.2. The number of anilines is 1. The maximum atomic E-state index is 11.8. The number of thioether (sulfide) groups is 1. The molecule has 0 spiro atoms. The summed E-state index contributed by atoms with van der Waals surface area (Å²) in [6.07, 6.45) is 1.90. The normalized spacial score (nSPS) is 13.7. The third-order valence-corrected chi connectivity index (χ3v) is 3.68. The van der Waals surface area contributed by atoms with Gasteiger partial charge >= 0.3 is 5.97 Å². The lowest BCUT2D eigenvalue weighted by Crippen LogP contribution is -2.24. The first kappa shape index (κ1) is 16.6. The molecule has 0 saturated carbocycles. The van der Waals surface area contributed by atoms with Crippen molar-refractivity contribution in [3.63, 3.8) is 0 Å². The number of nitrogens with one attached hydrogen (secondary N) is 2. The van der Waals surface area contributed by atoms with Crippen molar-refractivity contribution in [3.8, 4) is 0 Å². The van der Waals surface area contributed by atoms with E-state index in [1.807, 2.05) is 0 Å². The largest absolute Gasteiger partial charge is 0.478 e. The number of carbonyl (C=O) groups excluding carboxylic acids is 1. The average molecular weight is 332 g/mol. The lowest BCUT2D eigenvalue weighted by Gasteiger charge is -2.13. The molecule has 1 heterocycles. The zero-order valence-corrected chi connectivity index (χ0v) is 13.0. The minimum Gasteiger partial charge on any atom is -0.478 e. The van der Waals surface area contributed by atoms with E-state index in [4.69, 9.17) is 10.8 Å². The summed E-state index contributed by atoms with van der Waals surface area (Å²) in [5, 5.41) is 15.1. The lowest BCUT2D eigenvalue weighted by molar-refractivity contribution is -0.115. The molecule has 7 nitrogen and oxygen atoms in total. The smallest absolute Gasteiger partial charge is 0.335 e. The molecule has 0 aromatic heterocycles. The molecule has 1 aliphatic rings. The average Bonchev–Trinajstić information content (AvgIpc) is 2.46. The van der Waals surface area contributed by atoms with Crippen molar-refractivity contribution in [1.29, 1.82) is 0 Å². The van der Waals surface area contributed by atoms with Gasteiger partial charge in [0, 0.05) is 29.6 Å². The second-order valence-corrected chi connectivity index (χ2v) is 5.75. The van der Waals surface area contributed by atoms with E-state index < -0.39 is 5.97 Å². The van der Waals surface area contributed by atoms with E-state index in [9.17, 15) is 9.59 Å². The van der Waals surface area contributed by atoms with Crippen LogP contribution in [0.2, 0.25) is 0 Å². The third-order valence-electron chi connectivity index (χ3n) is 2.80. The highest BCUT2D eigenvalue weighted by molar-refractivity contribution is 8.13. The molecule has 0 aliphatic carbocycles. The molecule has 0 unspecified atom stereocenters. The van der Waals surface area contributed by atoms with Gasteiger partial charge in [0.2, 0.25) is 5.91 Å². The van der Waals surface area contributed by atoms with Crippen LogP contribution >= 0.6 is 11.8 Å². The number of aromatic carboxylic acids is 1. The summed E-state index contributed by atoms with van der Waals surface area (Å²) >= 11 is 1.37. The lowest BCUT2D eigenvalue weighted by atomic mass is 10.2. The summed E-state index contributed by atoms with van der Waals surface area (Å²) in [5.41, 5.74) is 7.00. The van der Waals surface area contributed by atoms with E-state index in [-0.39, 0.29) is 17.9 Å². The van der Waals surface area contributed by atoms with Gasteiger partial charge in [0.15, 0.2) is 5.17 Å². The first-order valence-electron chi connectivity index (χ1n) is 6.72. The molecule has 23 heavy (non-hydrogen) atoms. The van der Waals surface area contributed by atoms with Gasteiger partial charge in [0.05, 0.1) is 5.56 Å². The molecule has 0 bridgehead atoms. The zero-order chi connectivity index (χ0) is 16.8. The van der Waals surface area contributed by atoms with Crippen molar-refractivity contribution in [3.05, 3.63) is 54.0 Å². The Morgan fingerprint density at radius 1 is 1.35 bits per heavy atom. The van der Waals surface area contributed by atoms with Gasteiger partial charge in [-0.15, -0.1) is 0 Å². The van der Waals surface area contributed by atoms with Gasteiger partial charge in [-0.2, -0.15) is 0 Å². The van der Waals surface area contributed by atoms with E-state index in [0.29, 0.717) is 28.1 Å². The van der Waals surface area contributed by atoms with Crippen LogP contribution in [0, 0.1) is 0 Å². The number of allylic oxidation sites excluding steroid dienone is 1. The predicted molar refractivity (Wildman–Crippen MR) is 91.1 cm³/mol. The summed E-state index contributed by atoms with van der Waals surface area (Å²) in [5.74, 6) is -0.278. The summed E-state index contributed by atoms with van der Waals surface area (Å²) in [6, 6.07) is 5.98. The highest BCUT2D eigenvalue weighted by Crippen LogP contribution is 2.13. The Labute approximate surface area is 137 Å². The van der Waals surface area contributed by atoms with Crippen LogP contribution in [0.5, 0.6) is 0 Å². The number of aliphatic imine (C=N–C) groups is 1. The Bertz CT molecular complexity index is 695. The van der Waals surface area contributed by atoms with Crippen molar-refractivity contribution >= 4 is 34.5 Å². The van der Waals surface area contributed by atoms with Crippen molar-refractivity contribution in [2.75, 3.05) is 11.1 Å². The highest BCUT2D eigenvalue weighted by Gasteiger charge is 2.09. The van der Waals surface area contributed by atoms with E-state index >= 15 is 0 Å². The molecule has 0 radical (unpaired) electrons. The maximum Gasteiger partial charge on any atom is 0.335 e. The number of benzene rings is 1. The number of hydrogen-bond donors (Lipinski definition) is 4. The van der Waals surface area contributed by atoms with Gasteiger partial charge in [-0.3, -0.25) is 4.79 Å². The molecular formula is C15H16N4O3S. The summed E-state index contributed by atoms with van der Waals surface area (Å²) in [4.78, 5) is 26.7. The fourth-order valence-electron chi connectivity index (χ4n) is 1.76. The Kier molecular flexibility index (Phi) is 5.42. The monoisotopic (exact) mass is 332 g/mol. The Morgan fingerprint density at radius 2 is 2.04 bits per heavy atom. The molecule has 1 amide bonds. The molecule has 1 aromatic carbocycles. The maximum absolute atomic E-state index is 11.8. The Morgan fingerprint density at radius 3 is 2.65 bits per heavy atom. The quantitative estimate of drug-likeness (QED) is 0.652. The molecule has 2 rings (SSSR count). The van der Waals surface area contributed by atoms with Crippen LogP contribution in [0.4, 0.5) is 5.69 Å². The van der Waals surface area contributed by atoms with Crippen molar-refractivity contribution in [2.24, 2.45) is 10.7 Å². The van der Waals surface area contributed by atoms with Crippen LogP contribution in [0.15, 0.2) is 53.4 Å². The number of nitrogens with two attached hydrogens (primary N) is 1. The van der Waals surface area contributed by atoms with Crippen LogP contribution < -0.4 is 16.4 Å². The number of hydrogen-bond acceptors (Lipinski definition) is 6. The van der Waals surface area contributed by atoms with E-state index in [0.717, 1.165) is 0 Å². The summed E-state index contributed by atoms with van der Waals surface area (Å²) in [6.45, 7) is 3.75. The van der Waals surface area contributed by atoms with Crippen LogP contribution in [0.1, 0.15) is 16.8 Å². The molecule has 120 valence electrons. The van der Waals surface area contributed by atoms with E-state index in [1.165, 1.54) is 23.9 Å². The number of amides is 1. The fourth-order valence-corrected chi connectivity index (χ4v) is 2.61. The molecule has 0 fully saturated rings. The summed E-state index contributed by atoms with van der Waals surface area (Å²) < 4.78 is 0. The molecule has 8 heteroatoms. The van der Waals surface area contributed by atoms with Gasteiger partial charge in [0.1, 0.15) is 5.82 Å². The molecule has 0 atom stereocenters. The Hall–Kier alpha value is -2.74. The fraction of sp³-hybridized carbons (Fsp3) is 0.133. The number of carboxylic acid groups (broad SMARTS) is 1. The zero-order valence-electron chi connectivity index (χ0n) is 12.2. The van der Waals surface area contributed by atoms with Crippen molar-refractivity contribution in [1.82, 2.24) is 5.32 Å². The van der Waals surface area contributed by atoms with Gasteiger partial charge in [-0.1, -0.05) is 18.3 Å². The first-order valence-corrected chi connectivity index (χ1v) is 7.70. The second-order valence-electron chi connectivity index (χ2n) is 4.67. The SMILES string of the molecule is C=C1C=C(N)N=C(SCCC(=O)Nc2ccc(C(=O)O)cc2)N1. The van der Waals surface area contributed by atoms with Gasteiger partial charge in [-0.25, -0.2) is 9.79 Å². The van der Waals surface area contributed by atoms with E-state index in [1.54, 1.807) is 18.2 Å². The van der Waals surface area contributed by atoms with Crippen LogP contribution in [-0.2, 0) is 4.79 Å². The minimum absolute atomic E-state index is 0.167. The van der Waals surface area contributed by atoms with Crippen LogP contribution in [-0.4, -0.2) is 27.9 Å². The van der Waals surface area contributed by atoms with Crippen molar-refractivity contribution < 1.29 is 14.7 Å². The first-order chi connectivity index (χ1) is 10.9. The molecule has 1 aromatic rings.